The SMILES string of the molecule is CC.C[C@]12CC[C@H](O)CC1CC[C@@H]1C2CC[C@@]2(C)C1CC[C@@H]2CCC[C@](C)(O)C(F)(F)F. The summed E-state index contributed by atoms with van der Waals surface area (Å²) < 4.78 is 39.0. The van der Waals surface area contributed by atoms with E-state index in [1.807, 2.05) is 13.8 Å². The molecule has 0 bridgehead atoms. The molecule has 0 spiro atoms. The van der Waals surface area contributed by atoms with Crippen molar-refractivity contribution in [2.24, 2.45) is 40.4 Å². The molecule has 0 aromatic carbocycles. The van der Waals surface area contributed by atoms with Crippen LogP contribution in [0.3, 0.4) is 0 Å². The van der Waals surface area contributed by atoms with E-state index in [4.69, 9.17) is 0 Å². The lowest BCUT2D eigenvalue weighted by molar-refractivity contribution is -0.255. The van der Waals surface area contributed by atoms with E-state index in [9.17, 15) is 23.4 Å². The minimum atomic E-state index is -4.55. The summed E-state index contributed by atoms with van der Waals surface area (Å²) in [5.74, 6) is 3.36. The van der Waals surface area contributed by atoms with Gasteiger partial charge in [0.15, 0.2) is 5.60 Å². The van der Waals surface area contributed by atoms with Crippen LogP contribution in [0.1, 0.15) is 112 Å². The molecule has 3 unspecified atom stereocenters. The Balaban J connectivity index is 0.00000141. The maximum absolute atomic E-state index is 13.0. The zero-order chi connectivity index (χ0) is 23.9. The van der Waals surface area contributed by atoms with Crippen LogP contribution in [0.4, 0.5) is 13.2 Å². The number of rotatable bonds is 4. The molecule has 4 aliphatic rings. The Bertz CT molecular complexity index is 633. The lowest BCUT2D eigenvalue weighted by Crippen LogP contribution is -2.53. The quantitative estimate of drug-likeness (QED) is 0.455. The number of alkyl halides is 3. The second-order valence-corrected chi connectivity index (χ2v) is 12.1. The molecule has 0 aromatic heterocycles. The Hall–Kier alpha value is -0.290. The van der Waals surface area contributed by atoms with Gasteiger partial charge in [0.2, 0.25) is 0 Å². The van der Waals surface area contributed by atoms with E-state index in [0.29, 0.717) is 29.6 Å². The summed E-state index contributed by atoms with van der Waals surface area (Å²) in [6.07, 6.45) is 6.79. The maximum atomic E-state index is 13.0. The van der Waals surface area contributed by atoms with Gasteiger partial charge in [-0.3, -0.25) is 0 Å². The predicted octanol–water partition coefficient (Wildman–Crippen LogP) is 7.52. The van der Waals surface area contributed by atoms with Gasteiger partial charge in [-0.25, -0.2) is 0 Å². The van der Waals surface area contributed by atoms with E-state index >= 15 is 0 Å². The second-order valence-electron chi connectivity index (χ2n) is 12.1. The summed E-state index contributed by atoms with van der Waals surface area (Å²) in [7, 11) is 0. The number of hydrogen-bond donors (Lipinski definition) is 2. The summed E-state index contributed by atoms with van der Waals surface area (Å²) in [6, 6.07) is 0. The van der Waals surface area contributed by atoms with Gasteiger partial charge in [-0.1, -0.05) is 27.7 Å². The van der Waals surface area contributed by atoms with Crippen molar-refractivity contribution >= 4 is 0 Å². The molecular formula is C27H47F3O2. The first-order valence-electron chi connectivity index (χ1n) is 13.4. The minimum Gasteiger partial charge on any atom is -0.393 e. The molecule has 0 heterocycles. The zero-order valence-electron chi connectivity index (χ0n) is 21.0. The van der Waals surface area contributed by atoms with E-state index in [-0.39, 0.29) is 17.9 Å². The molecule has 0 aliphatic heterocycles. The van der Waals surface area contributed by atoms with E-state index in [2.05, 4.69) is 13.8 Å². The third-order valence-corrected chi connectivity index (χ3v) is 10.7. The van der Waals surface area contributed by atoms with Gasteiger partial charge in [0, 0.05) is 0 Å². The van der Waals surface area contributed by atoms with E-state index < -0.39 is 11.8 Å². The molecule has 0 saturated heterocycles. The molecule has 32 heavy (non-hydrogen) atoms. The first-order chi connectivity index (χ1) is 14.9. The normalized spacial score (nSPS) is 45.6. The van der Waals surface area contributed by atoms with Crippen LogP contribution in [-0.4, -0.2) is 28.1 Å². The predicted molar refractivity (Wildman–Crippen MR) is 123 cm³/mol. The van der Waals surface area contributed by atoms with Crippen LogP contribution in [0.15, 0.2) is 0 Å². The number of aliphatic hydroxyl groups is 2. The van der Waals surface area contributed by atoms with Crippen molar-refractivity contribution in [1.82, 2.24) is 0 Å². The molecule has 4 rings (SSSR count). The molecule has 2 N–H and O–H groups in total. The lowest BCUT2D eigenvalue weighted by atomic mass is 9.44. The average molecular weight is 461 g/mol. The highest BCUT2D eigenvalue weighted by Crippen LogP contribution is 2.68. The van der Waals surface area contributed by atoms with Crippen LogP contribution in [0.5, 0.6) is 0 Å². The molecule has 2 nitrogen and oxygen atoms in total. The van der Waals surface area contributed by atoms with Gasteiger partial charge in [0.25, 0.3) is 0 Å². The minimum absolute atomic E-state index is 0.113. The number of fused-ring (bicyclic) bond motifs is 5. The van der Waals surface area contributed by atoms with Crippen LogP contribution in [0.25, 0.3) is 0 Å². The maximum Gasteiger partial charge on any atom is 0.416 e. The standard InChI is InChI=1S/C25H41F3O2.C2H6/c1-22-14-11-21-19(8-6-17-15-18(29)10-13-23(17,21)2)20(22)9-7-16(22)5-4-12-24(3,30)25(26,27)28;1-2/h16-21,29-30H,4-15H2,1-3H3;1-2H3/t16-,17?,18-,19-,20?,21?,22+,23-,24-;/m0./s1. The number of aliphatic hydroxyl groups excluding tert-OH is 1. The molecule has 9 atom stereocenters. The fraction of sp³-hybridized carbons (Fsp3) is 1.00. The van der Waals surface area contributed by atoms with Crippen molar-refractivity contribution in [3.8, 4) is 0 Å². The summed E-state index contributed by atoms with van der Waals surface area (Å²) in [5, 5.41) is 20.0. The van der Waals surface area contributed by atoms with E-state index in [1.165, 1.54) is 32.1 Å². The fourth-order valence-electron chi connectivity index (χ4n) is 8.65. The summed E-state index contributed by atoms with van der Waals surface area (Å²) in [5.41, 5.74) is -1.95. The fourth-order valence-corrected chi connectivity index (χ4v) is 8.65. The third kappa shape index (κ3) is 4.51. The Labute approximate surface area is 193 Å². The molecule has 0 aromatic rings. The smallest absolute Gasteiger partial charge is 0.393 e. The average Bonchev–Trinajstić information content (AvgIpc) is 3.05. The van der Waals surface area contributed by atoms with Gasteiger partial charge in [0.1, 0.15) is 0 Å². The van der Waals surface area contributed by atoms with Crippen molar-refractivity contribution in [2.45, 2.75) is 130 Å². The van der Waals surface area contributed by atoms with Gasteiger partial charge >= 0.3 is 6.18 Å². The van der Waals surface area contributed by atoms with Crippen LogP contribution >= 0.6 is 0 Å². The molecule has 0 amide bonds. The number of halogens is 3. The van der Waals surface area contributed by atoms with Crippen molar-refractivity contribution in [3.05, 3.63) is 0 Å². The highest BCUT2D eigenvalue weighted by Gasteiger charge is 2.60. The van der Waals surface area contributed by atoms with E-state index in [0.717, 1.165) is 50.9 Å². The second kappa shape index (κ2) is 9.40. The Morgan fingerprint density at radius 2 is 1.50 bits per heavy atom. The van der Waals surface area contributed by atoms with Gasteiger partial charge in [-0.05, 0) is 124 Å². The van der Waals surface area contributed by atoms with Crippen LogP contribution < -0.4 is 0 Å². The first-order valence-corrected chi connectivity index (χ1v) is 13.4. The molecule has 0 radical (unpaired) electrons. The summed E-state index contributed by atoms with van der Waals surface area (Å²) >= 11 is 0. The first kappa shape index (κ1) is 26.3. The molecule has 188 valence electrons. The van der Waals surface area contributed by atoms with Crippen molar-refractivity contribution in [2.75, 3.05) is 0 Å². The van der Waals surface area contributed by atoms with Gasteiger partial charge in [-0.2, -0.15) is 13.2 Å². The Morgan fingerprint density at radius 1 is 0.875 bits per heavy atom. The Kier molecular flexibility index (Phi) is 7.73. The molecule has 4 saturated carbocycles. The molecule has 4 fully saturated rings. The molecular weight excluding hydrogens is 413 g/mol. The number of hydrogen-bond acceptors (Lipinski definition) is 2. The third-order valence-electron chi connectivity index (χ3n) is 10.7. The highest BCUT2D eigenvalue weighted by atomic mass is 19.4. The van der Waals surface area contributed by atoms with Crippen LogP contribution in [0.2, 0.25) is 0 Å². The molecule has 4 aliphatic carbocycles. The zero-order valence-corrected chi connectivity index (χ0v) is 21.0. The Morgan fingerprint density at radius 3 is 2.16 bits per heavy atom. The van der Waals surface area contributed by atoms with Gasteiger partial charge in [-0.15, -0.1) is 0 Å². The highest BCUT2D eigenvalue weighted by molar-refractivity contribution is 5.09. The van der Waals surface area contributed by atoms with Crippen LogP contribution in [0, 0.1) is 40.4 Å². The summed E-state index contributed by atoms with van der Waals surface area (Å²) in [4.78, 5) is 0. The van der Waals surface area contributed by atoms with Crippen molar-refractivity contribution < 1.29 is 23.4 Å². The van der Waals surface area contributed by atoms with Crippen molar-refractivity contribution in [1.29, 1.82) is 0 Å². The largest absolute Gasteiger partial charge is 0.416 e. The lowest BCUT2D eigenvalue weighted by Gasteiger charge is -2.61. The van der Waals surface area contributed by atoms with Gasteiger partial charge in [0.05, 0.1) is 6.10 Å². The van der Waals surface area contributed by atoms with Crippen LogP contribution in [-0.2, 0) is 0 Å². The topological polar surface area (TPSA) is 40.5 Å². The van der Waals surface area contributed by atoms with Gasteiger partial charge < -0.3 is 10.2 Å². The molecule has 5 heteroatoms. The summed E-state index contributed by atoms with van der Waals surface area (Å²) in [6.45, 7) is 9.83. The van der Waals surface area contributed by atoms with E-state index in [1.54, 1.807) is 0 Å². The van der Waals surface area contributed by atoms with Crippen molar-refractivity contribution in [3.63, 3.8) is 0 Å². The monoisotopic (exact) mass is 460 g/mol.